The Bertz CT molecular complexity index is 430. The van der Waals surface area contributed by atoms with Crippen molar-refractivity contribution in [1.29, 1.82) is 0 Å². The molecule has 0 aliphatic carbocycles. The lowest BCUT2D eigenvalue weighted by Crippen LogP contribution is -2.36. The van der Waals surface area contributed by atoms with Crippen molar-refractivity contribution in [3.05, 3.63) is 34.9 Å². The van der Waals surface area contributed by atoms with Crippen molar-refractivity contribution in [2.45, 2.75) is 32.7 Å². The maximum Gasteiger partial charge on any atom is 0.254 e. The van der Waals surface area contributed by atoms with E-state index in [0.717, 1.165) is 36.1 Å². The molecule has 2 nitrogen and oxygen atoms in total. The second kappa shape index (κ2) is 5.09. The third-order valence-corrected chi connectivity index (χ3v) is 3.80. The molecule has 17 heavy (non-hydrogen) atoms. The third-order valence-electron chi connectivity index (χ3n) is 3.44. The van der Waals surface area contributed by atoms with E-state index in [1.807, 2.05) is 36.9 Å². The summed E-state index contributed by atoms with van der Waals surface area (Å²) in [4.78, 5) is 14.4. The molecule has 1 aliphatic heterocycles. The maximum atomic E-state index is 12.5. The van der Waals surface area contributed by atoms with Gasteiger partial charge in [0.25, 0.3) is 5.91 Å². The summed E-state index contributed by atoms with van der Waals surface area (Å²) in [7, 11) is 0. The second-order valence-electron chi connectivity index (χ2n) is 4.77. The number of hydrogen-bond acceptors (Lipinski definition) is 1. The number of rotatable bonds is 2. The highest BCUT2D eigenvalue weighted by Gasteiger charge is 2.29. The van der Waals surface area contributed by atoms with Gasteiger partial charge in [0.15, 0.2) is 0 Å². The van der Waals surface area contributed by atoms with Crippen LogP contribution in [0.25, 0.3) is 0 Å². The van der Waals surface area contributed by atoms with E-state index in [0.29, 0.717) is 5.88 Å². The first-order valence-electron chi connectivity index (χ1n) is 6.07. The van der Waals surface area contributed by atoms with Gasteiger partial charge >= 0.3 is 0 Å². The quantitative estimate of drug-likeness (QED) is 0.740. The van der Waals surface area contributed by atoms with Gasteiger partial charge < -0.3 is 4.90 Å². The van der Waals surface area contributed by atoms with Crippen molar-refractivity contribution in [3.8, 4) is 0 Å². The minimum Gasteiger partial charge on any atom is -0.334 e. The zero-order valence-corrected chi connectivity index (χ0v) is 11.1. The van der Waals surface area contributed by atoms with E-state index < -0.39 is 0 Å². The van der Waals surface area contributed by atoms with Crippen molar-refractivity contribution in [1.82, 2.24) is 4.90 Å². The summed E-state index contributed by atoms with van der Waals surface area (Å²) in [6.45, 7) is 4.83. The average molecular weight is 252 g/mol. The van der Waals surface area contributed by atoms with Gasteiger partial charge in [-0.25, -0.2) is 0 Å². The molecule has 1 aromatic carbocycles. The van der Waals surface area contributed by atoms with Gasteiger partial charge in [-0.15, -0.1) is 11.6 Å². The fourth-order valence-electron chi connectivity index (χ4n) is 2.38. The standard InChI is InChI=1S/C14H18ClNO/c1-10-5-6-11(2)13(8-10)14(17)16-7-3-4-12(16)9-15/h5-6,8,12H,3-4,7,9H2,1-2H3. The van der Waals surface area contributed by atoms with Crippen LogP contribution in [0.3, 0.4) is 0 Å². The Kier molecular flexibility index (Phi) is 3.72. The van der Waals surface area contributed by atoms with Crippen LogP contribution in [0.15, 0.2) is 18.2 Å². The van der Waals surface area contributed by atoms with Crippen LogP contribution in [0.4, 0.5) is 0 Å². The van der Waals surface area contributed by atoms with Gasteiger partial charge in [-0.2, -0.15) is 0 Å². The minimum atomic E-state index is 0.134. The van der Waals surface area contributed by atoms with Crippen LogP contribution >= 0.6 is 11.6 Å². The topological polar surface area (TPSA) is 20.3 Å². The van der Waals surface area contributed by atoms with Crippen molar-refractivity contribution in [2.24, 2.45) is 0 Å². The number of amides is 1. The van der Waals surface area contributed by atoms with Crippen molar-refractivity contribution in [3.63, 3.8) is 0 Å². The molecule has 92 valence electrons. The molecule has 0 saturated carbocycles. The Morgan fingerprint density at radius 1 is 1.47 bits per heavy atom. The molecule has 1 fully saturated rings. The molecule has 1 atom stereocenters. The molecule has 1 aromatic rings. The molecule has 1 aliphatic rings. The number of aryl methyl sites for hydroxylation is 2. The van der Waals surface area contributed by atoms with E-state index in [1.165, 1.54) is 0 Å². The average Bonchev–Trinajstić information content (AvgIpc) is 2.79. The first kappa shape index (κ1) is 12.4. The highest BCUT2D eigenvalue weighted by molar-refractivity contribution is 6.18. The van der Waals surface area contributed by atoms with E-state index in [9.17, 15) is 4.79 Å². The lowest BCUT2D eigenvalue weighted by Gasteiger charge is -2.23. The van der Waals surface area contributed by atoms with E-state index in [-0.39, 0.29) is 11.9 Å². The molecule has 2 rings (SSSR count). The minimum absolute atomic E-state index is 0.134. The molecule has 0 spiro atoms. The van der Waals surface area contributed by atoms with Crippen LogP contribution in [0, 0.1) is 13.8 Å². The number of likely N-dealkylation sites (tertiary alicyclic amines) is 1. The third kappa shape index (κ3) is 2.47. The summed E-state index contributed by atoms with van der Waals surface area (Å²) in [5.41, 5.74) is 2.99. The number of alkyl halides is 1. The molecule has 0 N–H and O–H groups in total. The second-order valence-corrected chi connectivity index (χ2v) is 5.08. The summed E-state index contributed by atoms with van der Waals surface area (Å²) >= 11 is 5.91. The van der Waals surface area contributed by atoms with Crippen LogP contribution in [0.1, 0.15) is 34.3 Å². The van der Waals surface area contributed by atoms with Crippen LogP contribution < -0.4 is 0 Å². The number of carbonyl (C=O) groups is 1. The van der Waals surface area contributed by atoms with Crippen LogP contribution in [0.2, 0.25) is 0 Å². The Balaban J connectivity index is 2.27. The summed E-state index contributed by atoms with van der Waals surface area (Å²) in [5.74, 6) is 0.672. The summed E-state index contributed by atoms with van der Waals surface area (Å²) < 4.78 is 0. The zero-order chi connectivity index (χ0) is 12.4. The van der Waals surface area contributed by atoms with E-state index in [4.69, 9.17) is 11.6 Å². The van der Waals surface area contributed by atoms with Gasteiger partial charge in [0.2, 0.25) is 0 Å². The zero-order valence-electron chi connectivity index (χ0n) is 10.4. The van der Waals surface area contributed by atoms with Crippen LogP contribution in [-0.2, 0) is 0 Å². The summed E-state index contributed by atoms with van der Waals surface area (Å²) in [6.07, 6.45) is 2.09. The SMILES string of the molecule is Cc1ccc(C)c(C(=O)N2CCCC2CCl)c1. The first-order valence-corrected chi connectivity index (χ1v) is 6.61. The fourth-order valence-corrected chi connectivity index (χ4v) is 2.71. The highest BCUT2D eigenvalue weighted by Crippen LogP contribution is 2.22. The molecule has 1 amide bonds. The maximum absolute atomic E-state index is 12.5. The monoisotopic (exact) mass is 251 g/mol. The van der Waals surface area contributed by atoms with Crippen molar-refractivity contribution >= 4 is 17.5 Å². The largest absolute Gasteiger partial charge is 0.334 e. The van der Waals surface area contributed by atoms with Crippen molar-refractivity contribution in [2.75, 3.05) is 12.4 Å². The lowest BCUT2D eigenvalue weighted by molar-refractivity contribution is 0.0748. The van der Waals surface area contributed by atoms with Gasteiger partial charge in [0, 0.05) is 24.0 Å². The number of halogens is 1. The van der Waals surface area contributed by atoms with Crippen LogP contribution in [-0.4, -0.2) is 29.3 Å². The smallest absolute Gasteiger partial charge is 0.254 e. The summed E-state index contributed by atoms with van der Waals surface area (Å²) in [6, 6.07) is 6.23. The van der Waals surface area contributed by atoms with E-state index >= 15 is 0 Å². The van der Waals surface area contributed by atoms with Gasteiger partial charge in [0.05, 0.1) is 0 Å². The summed E-state index contributed by atoms with van der Waals surface area (Å²) in [5, 5.41) is 0. The predicted molar refractivity (Wildman–Crippen MR) is 70.7 cm³/mol. The molecular formula is C14H18ClNO. The Morgan fingerprint density at radius 3 is 2.94 bits per heavy atom. The predicted octanol–water partition coefficient (Wildman–Crippen LogP) is 3.15. The fraction of sp³-hybridized carbons (Fsp3) is 0.500. The Labute approximate surface area is 108 Å². The van der Waals surface area contributed by atoms with Gasteiger partial charge in [-0.1, -0.05) is 17.7 Å². The van der Waals surface area contributed by atoms with Gasteiger partial charge in [0.1, 0.15) is 0 Å². The molecule has 1 heterocycles. The first-order chi connectivity index (χ1) is 8.13. The Hall–Kier alpha value is -1.02. The highest BCUT2D eigenvalue weighted by atomic mass is 35.5. The van der Waals surface area contributed by atoms with Crippen molar-refractivity contribution < 1.29 is 4.79 Å². The molecule has 1 saturated heterocycles. The molecule has 0 aromatic heterocycles. The van der Waals surface area contributed by atoms with Gasteiger partial charge in [-0.05, 0) is 38.3 Å². The lowest BCUT2D eigenvalue weighted by atomic mass is 10.0. The molecule has 0 bridgehead atoms. The molecule has 1 unspecified atom stereocenters. The molecular weight excluding hydrogens is 234 g/mol. The van der Waals surface area contributed by atoms with E-state index in [2.05, 4.69) is 0 Å². The number of carbonyl (C=O) groups excluding carboxylic acids is 1. The van der Waals surface area contributed by atoms with Crippen LogP contribution in [0.5, 0.6) is 0 Å². The normalized spacial score (nSPS) is 19.7. The van der Waals surface area contributed by atoms with Gasteiger partial charge in [-0.3, -0.25) is 4.79 Å². The molecule has 0 radical (unpaired) electrons. The Morgan fingerprint density at radius 2 is 2.24 bits per heavy atom. The number of benzene rings is 1. The van der Waals surface area contributed by atoms with E-state index in [1.54, 1.807) is 0 Å². The number of hydrogen-bond donors (Lipinski definition) is 0. The number of nitrogens with zero attached hydrogens (tertiary/aromatic N) is 1. The molecule has 3 heteroatoms.